The summed E-state index contributed by atoms with van der Waals surface area (Å²) in [7, 11) is 0. The zero-order valence-corrected chi connectivity index (χ0v) is 30.3. The van der Waals surface area contributed by atoms with E-state index in [0.717, 1.165) is 22.2 Å². The molecule has 1 aromatic heterocycles. The maximum Gasteiger partial charge on any atom is 0.490 e. The van der Waals surface area contributed by atoms with E-state index < -0.39 is 59.8 Å². The maximum atomic E-state index is 13.3. The van der Waals surface area contributed by atoms with Crippen LogP contribution >= 0.6 is 0 Å². The van der Waals surface area contributed by atoms with Gasteiger partial charge in [0.2, 0.25) is 5.54 Å². The van der Waals surface area contributed by atoms with Crippen LogP contribution in [0.3, 0.4) is 0 Å². The molecule has 2 saturated heterocycles. The number of aryl methyl sites for hydroxylation is 1. The molecule has 2 aromatic carbocycles. The van der Waals surface area contributed by atoms with E-state index in [1.54, 1.807) is 24.3 Å². The molecular weight excluding hydrogens is 809 g/mol. The van der Waals surface area contributed by atoms with E-state index in [1.165, 1.54) is 0 Å². The molecule has 0 unspecified atom stereocenters. The summed E-state index contributed by atoms with van der Waals surface area (Å²) in [5.74, 6) is -8.93. The van der Waals surface area contributed by atoms with E-state index in [2.05, 4.69) is 34.4 Å². The predicted octanol–water partition coefficient (Wildman–Crippen LogP) is 4.61. The van der Waals surface area contributed by atoms with Crippen molar-refractivity contribution in [2.24, 2.45) is 0 Å². The van der Waals surface area contributed by atoms with Gasteiger partial charge in [0.15, 0.2) is 0 Å². The molecule has 4 amide bonds. The summed E-state index contributed by atoms with van der Waals surface area (Å²) < 4.78 is 101. The number of carboxylic acid groups (broad SMARTS) is 3. The van der Waals surface area contributed by atoms with Gasteiger partial charge in [0.1, 0.15) is 12.4 Å². The number of hydrogen-bond donors (Lipinski definition) is 5. The van der Waals surface area contributed by atoms with E-state index in [4.69, 9.17) is 34.4 Å². The van der Waals surface area contributed by atoms with Gasteiger partial charge in [-0.2, -0.15) is 39.5 Å². The lowest BCUT2D eigenvalue weighted by atomic mass is 9.84. The Bertz CT molecular complexity index is 1890. The molecule has 0 bridgehead atoms. The van der Waals surface area contributed by atoms with Crippen molar-refractivity contribution in [3.05, 3.63) is 71.4 Å². The number of nitrogens with one attached hydrogen (secondary N) is 2. The summed E-state index contributed by atoms with van der Waals surface area (Å²) in [4.78, 5) is 74.0. The number of rotatable bonds is 6. The van der Waals surface area contributed by atoms with Crippen LogP contribution in [0.25, 0.3) is 10.9 Å². The normalized spacial score (nSPS) is 16.0. The number of halogens is 9. The first kappa shape index (κ1) is 48.1. The largest absolute Gasteiger partial charge is 0.490 e. The van der Waals surface area contributed by atoms with Crippen molar-refractivity contribution in [1.82, 2.24) is 25.4 Å². The third-order valence-corrected chi connectivity index (χ3v) is 7.95. The molecule has 0 atom stereocenters. The van der Waals surface area contributed by atoms with Crippen molar-refractivity contribution >= 4 is 46.7 Å². The fourth-order valence-corrected chi connectivity index (χ4v) is 5.29. The number of nitrogens with zero attached hydrogens (tertiary/aromatic N) is 3. The van der Waals surface area contributed by atoms with Crippen LogP contribution in [0.15, 0.2) is 54.6 Å². The molecule has 3 aromatic rings. The summed E-state index contributed by atoms with van der Waals surface area (Å²) >= 11 is 0. The number of carbonyl (C=O) groups is 6. The summed E-state index contributed by atoms with van der Waals surface area (Å²) in [5, 5.41) is 27.0. The first-order valence-corrected chi connectivity index (χ1v) is 16.3. The van der Waals surface area contributed by atoms with Crippen molar-refractivity contribution in [1.29, 1.82) is 0 Å². The summed E-state index contributed by atoms with van der Waals surface area (Å²) in [6.07, 6.45) is -15.3. The zero-order chi connectivity index (χ0) is 44.4. The molecule has 5 rings (SSSR count). The van der Waals surface area contributed by atoms with Gasteiger partial charge in [-0.1, -0.05) is 30.3 Å². The smallest absolute Gasteiger partial charge is 0.489 e. The third kappa shape index (κ3) is 13.0. The lowest BCUT2D eigenvalue weighted by Crippen LogP contribution is -2.73. The minimum Gasteiger partial charge on any atom is -0.489 e. The fourth-order valence-electron chi connectivity index (χ4n) is 5.29. The number of carboxylic acids is 3. The highest BCUT2D eigenvalue weighted by molar-refractivity contribution is 6.22. The predicted molar refractivity (Wildman–Crippen MR) is 180 cm³/mol. The van der Waals surface area contributed by atoms with Crippen LogP contribution in [0.4, 0.5) is 44.3 Å². The Labute approximate surface area is 321 Å². The second kappa shape index (κ2) is 19.4. The highest BCUT2D eigenvalue weighted by Gasteiger charge is 2.56. The summed E-state index contributed by atoms with van der Waals surface area (Å²) in [6.45, 7) is 9.01. The molecule has 0 saturated carbocycles. The Hall–Kier alpha value is -6.04. The average molecular weight is 844 g/mol. The molecule has 15 nitrogen and oxygen atoms in total. The first-order valence-electron chi connectivity index (χ1n) is 16.3. The van der Waals surface area contributed by atoms with Crippen molar-refractivity contribution in [3.63, 3.8) is 0 Å². The Morgan fingerprint density at radius 2 is 1.19 bits per heavy atom. The van der Waals surface area contributed by atoms with E-state index >= 15 is 0 Å². The highest BCUT2D eigenvalue weighted by Crippen LogP contribution is 2.34. The molecule has 0 radical (unpaired) electrons. The van der Waals surface area contributed by atoms with E-state index in [1.807, 2.05) is 42.2 Å². The van der Waals surface area contributed by atoms with Crippen LogP contribution in [0, 0.1) is 6.92 Å². The number of urea groups is 1. The van der Waals surface area contributed by atoms with Crippen LogP contribution < -0.4 is 15.4 Å². The number of piperazine rings is 1. The van der Waals surface area contributed by atoms with Gasteiger partial charge in [-0.25, -0.2) is 19.2 Å². The second-order valence-electron chi connectivity index (χ2n) is 12.2. The molecule has 318 valence electrons. The molecule has 5 N–H and O–H groups in total. The molecule has 3 heterocycles. The van der Waals surface area contributed by atoms with Gasteiger partial charge in [-0.05, 0) is 50.6 Å². The number of amides is 4. The zero-order valence-electron chi connectivity index (χ0n) is 30.3. The van der Waals surface area contributed by atoms with Crippen LogP contribution in [-0.4, -0.2) is 117 Å². The quantitative estimate of drug-likeness (QED) is 0.170. The van der Waals surface area contributed by atoms with Crippen LogP contribution in [0.1, 0.15) is 30.7 Å². The molecule has 2 aliphatic rings. The van der Waals surface area contributed by atoms with E-state index in [-0.39, 0.29) is 0 Å². The van der Waals surface area contributed by atoms with Gasteiger partial charge in [0.05, 0.1) is 5.52 Å². The Morgan fingerprint density at radius 3 is 1.60 bits per heavy atom. The lowest BCUT2D eigenvalue weighted by molar-refractivity contribution is -0.193. The number of carbonyl (C=O) groups excluding carboxylic acids is 3. The number of hydrogen-bond acceptors (Lipinski definition) is 10. The minimum atomic E-state index is -5.08. The van der Waals surface area contributed by atoms with Gasteiger partial charge in [-0.3, -0.25) is 35.0 Å². The van der Waals surface area contributed by atoms with Gasteiger partial charge < -0.3 is 20.1 Å². The molecule has 24 heteroatoms. The molecule has 0 spiro atoms. The molecule has 0 aliphatic carbocycles. The number of ether oxygens (including phenoxy) is 1. The Morgan fingerprint density at radius 1 is 0.759 bits per heavy atom. The van der Waals surface area contributed by atoms with Crippen LogP contribution in [0.2, 0.25) is 0 Å². The monoisotopic (exact) mass is 843 g/mol. The van der Waals surface area contributed by atoms with Gasteiger partial charge >= 0.3 is 42.5 Å². The molecule has 58 heavy (non-hydrogen) atoms. The standard InChI is InChI=1S/C28H31N5O4.3C2HF3O2/c1-18(2)32-12-14-33(15-13-32)28(25(34)30-27(36)31-26(28)35)21-8-10-22(11-9-21)37-17-20-16-19(3)29-24-7-5-4-6-23(20)24;3*3-2(4,5)1(6)7/h4-11,16,18H,12-15,17H2,1-3H3,(H2,30,31,34,35,36);3*(H,6,7). The number of pyridine rings is 1. The van der Waals surface area contributed by atoms with Crippen LogP contribution in [0.5, 0.6) is 5.75 Å². The summed E-state index contributed by atoms with van der Waals surface area (Å²) in [5.41, 5.74) is 1.71. The number of para-hydroxylation sites is 1. The number of fused-ring (bicyclic) bond motifs is 1. The maximum absolute atomic E-state index is 13.3. The minimum absolute atomic E-state index is 0.348. The van der Waals surface area contributed by atoms with Crippen LogP contribution in [-0.2, 0) is 36.1 Å². The Kier molecular flexibility index (Phi) is 16.1. The van der Waals surface area contributed by atoms with Crippen molar-refractivity contribution in [3.8, 4) is 5.75 Å². The summed E-state index contributed by atoms with van der Waals surface area (Å²) in [6, 6.07) is 16.5. The molecular formula is C34H34F9N5O10. The van der Waals surface area contributed by atoms with Crippen molar-refractivity contribution < 1.29 is 88.3 Å². The number of aliphatic carboxylic acids is 3. The lowest BCUT2D eigenvalue weighted by Gasteiger charge is -2.47. The topological polar surface area (TPSA) is 216 Å². The Balaban J connectivity index is 0.000000453. The number of alkyl halides is 9. The van der Waals surface area contributed by atoms with Crippen molar-refractivity contribution in [2.45, 2.75) is 57.5 Å². The van der Waals surface area contributed by atoms with Gasteiger partial charge in [0.25, 0.3) is 11.8 Å². The first-order chi connectivity index (χ1) is 26.6. The number of barbiturate groups is 1. The van der Waals surface area contributed by atoms with Gasteiger partial charge in [0, 0.05) is 48.9 Å². The number of imide groups is 2. The second-order valence-corrected chi connectivity index (χ2v) is 12.2. The highest BCUT2D eigenvalue weighted by atomic mass is 19.4. The molecule has 2 fully saturated rings. The van der Waals surface area contributed by atoms with Gasteiger partial charge in [-0.15, -0.1) is 0 Å². The average Bonchev–Trinajstić information content (AvgIpc) is 3.10. The molecule has 2 aliphatic heterocycles. The number of benzene rings is 2. The SMILES string of the molecule is Cc1cc(COc2ccc(C3(N4CCN(C(C)C)CC4)C(=O)NC(=O)NC3=O)cc2)c2ccccc2n1.O=C(O)C(F)(F)F.O=C(O)C(F)(F)F.O=C(O)C(F)(F)F. The van der Waals surface area contributed by atoms with Crippen molar-refractivity contribution in [2.75, 3.05) is 26.2 Å². The van der Waals surface area contributed by atoms with E-state index in [0.29, 0.717) is 50.1 Å². The number of aromatic nitrogens is 1. The fraction of sp³-hybridized carbons (Fsp3) is 0.382. The van der Waals surface area contributed by atoms with E-state index in [9.17, 15) is 53.9 Å². The third-order valence-electron chi connectivity index (χ3n) is 7.95.